The summed E-state index contributed by atoms with van der Waals surface area (Å²) in [6, 6.07) is 67.9. The maximum absolute atomic E-state index is 3.46. The van der Waals surface area contributed by atoms with E-state index in [1.165, 1.54) is 60.9 Å². The molecule has 0 unspecified atom stereocenters. The standard InChI is InChI=1S/C50H34N2/c1-3-16-35(17-4-1)37-21-13-25-41(32-37)51(46-31-15-20-36-18-7-9-27-43(36)46)42-26-14-22-39(33-42)49-44-28-10-8-19-38(44)34-48-50(49)45-29-11-12-30-47(45)52(48)40-23-5-2-6-24-40/h1-8,11-26,29-34H,10,28H2. The summed E-state index contributed by atoms with van der Waals surface area (Å²) in [5.74, 6) is 0. The molecule has 1 aliphatic rings. The minimum absolute atomic E-state index is 1.00. The number of fused-ring (bicyclic) bond motifs is 5. The van der Waals surface area contributed by atoms with Crippen molar-refractivity contribution in [2.45, 2.75) is 12.8 Å². The summed E-state index contributed by atoms with van der Waals surface area (Å²) in [5, 5.41) is 4.74. The molecule has 0 aliphatic heterocycles. The van der Waals surface area contributed by atoms with E-state index < -0.39 is 0 Å². The molecular weight excluding hydrogens is 629 g/mol. The van der Waals surface area contributed by atoms with E-state index in [1.807, 2.05) is 6.07 Å². The molecule has 9 aromatic rings. The fourth-order valence-corrected chi connectivity index (χ4v) is 8.17. The third-order valence-corrected chi connectivity index (χ3v) is 10.4. The molecule has 1 aromatic heterocycles. The van der Waals surface area contributed by atoms with Crippen molar-refractivity contribution >= 4 is 55.7 Å². The highest BCUT2D eigenvalue weighted by atomic mass is 15.1. The van der Waals surface area contributed by atoms with Crippen LogP contribution in [0.25, 0.3) is 66.6 Å². The number of anilines is 3. The van der Waals surface area contributed by atoms with Gasteiger partial charge in [0, 0.05) is 27.8 Å². The first-order valence-electron chi connectivity index (χ1n) is 18.0. The number of aromatic nitrogens is 1. The maximum Gasteiger partial charge on any atom is 0.0624 e. The average molecular weight is 663 g/mol. The number of rotatable bonds is 6. The van der Waals surface area contributed by atoms with Gasteiger partial charge in [-0.25, -0.2) is 0 Å². The minimum atomic E-state index is 1.00. The summed E-state index contributed by atoms with van der Waals surface area (Å²) in [5.41, 5.74) is 14.5. The van der Waals surface area contributed by atoms with Gasteiger partial charge < -0.3 is 9.47 Å². The van der Waals surface area contributed by atoms with Crippen molar-refractivity contribution in [3.63, 3.8) is 0 Å². The lowest BCUT2D eigenvalue weighted by Gasteiger charge is -2.28. The van der Waals surface area contributed by atoms with E-state index >= 15 is 0 Å². The summed E-state index contributed by atoms with van der Waals surface area (Å²) in [7, 11) is 0. The van der Waals surface area contributed by atoms with Crippen LogP contribution in [-0.2, 0) is 6.42 Å². The average Bonchev–Trinajstić information content (AvgIpc) is 3.55. The van der Waals surface area contributed by atoms with Crippen LogP contribution in [0.15, 0.2) is 176 Å². The van der Waals surface area contributed by atoms with E-state index in [-0.39, 0.29) is 0 Å². The molecule has 0 saturated carbocycles. The van der Waals surface area contributed by atoms with Crippen LogP contribution in [0.3, 0.4) is 0 Å². The quantitative estimate of drug-likeness (QED) is 0.172. The fourth-order valence-electron chi connectivity index (χ4n) is 8.17. The predicted octanol–water partition coefficient (Wildman–Crippen LogP) is 13.3. The van der Waals surface area contributed by atoms with Crippen molar-refractivity contribution in [1.29, 1.82) is 0 Å². The Kier molecular flexibility index (Phi) is 7.22. The third kappa shape index (κ3) is 4.98. The molecule has 0 radical (unpaired) electrons. The van der Waals surface area contributed by atoms with E-state index in [0.717, 1.165) is 40.7 Å². The van der Waals surface area contributed by atoms with Gasteiger partial charge in [-0.15, -0.1) is 0 Å². The van der Waals surface area contributed by atoms with Gasteiger partial charge in [0.25, 0.3) is 0 Å². The van der Waals surface area contributed by atoms with Crippen LogP contribution in [0.2, 0.25) is 0 Å². The van der Waals surface area contributed by atoms with Crippen molar-refractivity contribution in [1.82, 2.24) is 4.57 Å². The molecule has 10 rings (SSSR count). The van der Waals surface area contributed by atoms with Gasteiger partial charge in [-0.1, -0.05) is 127 Å². The van der Waals surface area contributed by atoms with Crippen molar-refractivity contribution in [2.75, 3.05) is 4.90 Å². The fraction of sp³-hybridized carbons (Fsp3) is 0.0400. The molecule has 0 N–H and O–H groups in total. The van der Waals surface area contributed by atoms with Crippen LogP contribution in [-0.4, -0.2) is 4.57 Å². The number of para-hydroxylation sites is 2. The van der Waals surface area contributed by atoms with Crippen molar-refractivity contribution in [2.24, 2.45) is 0 Å². The van der Waals surface area contributed by atoms with Gasteiger partial charge in [-0.3, -0.25) is 0 Å². The molecule has 1 heterocycles. The summed E-state index contributed by atoms with van der Waals surface area (Å²) >= 11 is 0. The Morgan fingerprint density at radius 3 is 2.13 bits per heavy atom. The Hall–Kier alpha value is -6.82. The zero-order valence-electron chi connectivity index (χ0n) is 28.6. The number of hydrogen-bond acceptors (Lipinski definition) is 1. The highest BCUT2D eigenvalue weighted by molar-refractivity contribution is 6.17. The first-order valence-corrected chi connectivity index (χ1v) is 18.0. The Bertz CT molecular complexity index is 2780. The van der Waals surface area contributed by atoms with Gasteiger partial charge >= 0.3 is 0 Å². The van der Waals surface area contributed by atoms with Gasteiger partial charge in [0.05, 0.1) is 22.1 Å². The molecule has 244 valence electrons. The number of hydrogen-bond donors (Lipinski definition) is 0. The SMILES string of the molecule is c1ccc2cccc(N(c3cccc(-c4ccccc4)c3)c3cccc(-c4c5c(cc6c4c4ccccc4n6-c4ccccc4)C=CCC5)c3)c2c#1. The zero-order valence-corrected chi connectivity index (χ0v) is 28.6. The summed E-state index contributed by atoms with van der Waals surface area (Å²) in [6.45, 7) is 0. The first kappa shape index (κ1) is 30.0. The smallest absolute Gasteiger partial charge is 0.0624 e. The molecule has 0 bridgehead atoms. The van der Waals surface area contributed by atoms with Crippen LogP contribution < -0.4 is 4.90 Å². The second-order valence-corrected chi connectivity index (χ2v) is 13.5. The molecule has 1 aliphatic carbocycles. The molecule has 52 heavy (non-hydrogen) atoms. The lowest BCUT2D eigenvalue weighted by molar-refractivity contribution is 0.990. The summed E-state index contributed by atoms with van der Waals surface area (Å²) < 4.78 is 2.44. The van der Waals surface area contributed by atoms with Crippen LogP contribution in [0.4, 0.5) is 17.1 Å². The third-order valence-electron chi connectivity index (χ3n) is 10.4. The molecule has 2 heteroatoms. The molecule has 0 spiro atoms. The zero-order chi connectivity index (χ0) is 34.4. The lowest BCUT2D eigenvalue weighted by atomic mass is 9.86. The molecular formula is C50H34N2. The number of allylic oxidation sites excluding steroid dienone is 1. The highest BCUT2D eigenvalue weighted by Crippen LogP contribution is 2.46. The van der Waals surface area contributed by atoms with Crippen LogP contribution in [0, 0.1) is 12.1 Å². The Balaban J connectivity index is 1.25. The van der Waals surface area contributed by atoms with E-state index in [0.29, 0.717) is 0 Å². The van der Waals surface area contributed by atoms with Crippen molar-refractivity contribution in [3.8, 4) is 27.9 Å². The summed E-state index contributed by atoms with van der Waals surface area (Å²) in [6.07, 6.45) is 6.67. The van der Waals surface area contributed by atoms with Crippen LogP contribution >= 0.6 is 0 Å². The minimum Gasteiger partial charge on any atom is -0.309 e. The molecule has 0 saturated heterocycles. The maximum atomic E-state index is 3.46. The Labute approximate surface area is 304 Å². The molecule has 8 aromatic carbocycles. The summed E-state index contributed by atoms with van der Waals surface area (Å²) in [4.78, 5) is 2.39. The van der Waals surface area contributed by atoms with Gasteiger partial charge in [-0.05, 0) is 118 Å². The second-order valence-electron chi connectivity index (χ2n) is 13.5. The molecule has 2 nitrogen and oxygen atoms in total. The molecule has 0 atom stereocenters. The van der Waals surface area contributed by atoms with Crippen LogP contribution in [0.1, 0.15) is 17.5 Å². The molecule has 0 amide bonds. The normalized spacial score (nSPS) is 12.2. The van der Waals surface area contributed by atoms with Gasteiger partial charge in [-0.2, -0.15) is 0 Å². The van der Waals surface area contributed by atoms with Gasteiger partial charge in [0.1, 0.15) is 0 Å². The predicted molar refractivity (Wildman–Crippen MR) is 219 cm³/mol. The number of nitrogens with zero attached hydrogens (tertiary/aromatic N) is 2. The lowest BCUT2D eigenvalue weighted by Crippen LogP contribution is -2.11. The van der Waals surface area contributed by atoms with E-state index in [4.69, 9.17) is 0 Å². The van der Waals surface area contributed by atoms with E-state index in [2.05, 4.69) is 198 Å². The number of benzene rings is 7. The van der Waals surface area contributed by atoms with E-state index in [9.17, 15) is 0 Å². The largest absolute Gasteiger partial charge is 0.309 e. The van der Waals surface area contributed by atoms with Crippen molar-refractivity contribution < 1.29 is 0 Å². The highest BCUT2D eigenvalue weighted by Gasteiger charge is 2.24. The topological polar surface area (TPSA) is 8.17 Å². The van der Waals surface area contributed by atoms with E-state index in [1.54, 1.807) is 0 Å². The second kappa shape index (κ2) is 12.5. The van der Waals surface area contributed by atoms with Crippen molar-refractivity contribution in [3.05, 3.63) is 199 Å². The van der Waals surface area contributed by atoms with Gasteiger partial charge in [0.15, 0.2) is 0 Å². The van der Waals surface area contributed by atoms with Crippen LogP contribution in [0.5, 0.6) is 0 Å². The Morgan fingerprint density at radius 2 is 1.29 bits per heavy atom. The molecule has 0 fully saturated rings. The Morgan fingerprint density at radius 1 is 0.577 bits per heavy atom. The monoisotopic (exact) mass is 662 g/mol. The van der Waals surface area contributed by atoms with Gasteiger partial charge in [0.2, 0.25) is 0 Å². The first-order chi connectivity index (χ1) is 25.8.